The number of rotatable bonds is 0. The molecule has 0 fully saturated rings. The molecule has 1 N–H and O–H groups in total. The van der Waals surface area contributed by atoms with Gasteiger partial charge in [0.25, 0.3) is 0 Å². The Hall–Kier alpha value is 0.823. The van der Waals surface area contributed by atoms with Gasteiger partial charge in [0.05, 0.1) is 0 Å². The van der Waals surface area contributed by atoms with Gasteiger partial charge in [0.15, 0.2) is 0 Å². The van der Waals surface area contributed by atoms with Gasteiger partial charge < -0.3 is 35.5 Å². The summed E-state index contributed by atoms with van der Waals surface area (Å²) >= 11 is 6.33. The molecule has 1 atom stereocenters. The van der Waals surface area contributed by atoms with Gasteiger partial charge in [0.2, 0.25) is 0 Å². The van der Waals surface area contributed by atoms with E-state index in [1.807, 2.05) is 0 Å². The topological polar surface area (TPSA) is 56.6 Å². The van der Waals surface area contributed by atoms with E-state index in [-0.39, 0.29) is 54.9 Å². The fraction of sp³-hybridized carbons (Fsp3) is 0.167. The minimum Gasteiger partial charge on any atom is -1.00 e. The summed E-state index contributed by atoms with van der Waals surface area (Å²) in [6, 6.07) is 0. The van der Waals surface area contributed by atoms with E-state index in [0.717, 1.165) is 0 Å². The summed E-state index contributed by atoms with van der Waals surface area (Å²) in [7, 11) is 0. The molecule has 0 bridgehead atoms. The predicted molar refractivity (Wildman–Crippen MR) is 49.1 cm³/mol. The summed E-state index contributed by atoms with van der Waals surface area (Å²) in [6.07, 6.45) is 2.99. The third-order valence-electron chi connectivity index (χ3n) is 1.21. The fourth-order valence-corrected chi connectivity index (χ4v) is 2.19. The third kappa shape index (κ3) is 5.06. The molecule has 3 nitrogen and oxygen atoms in total. The number of allylic oxidation sites excluding steroid dienone is 3. The van der Waals surface area contributed by atoms with Crippen molar-refractivity contribution >= 4 is 37.6 Å². The van der Waals surface area contributed by atoms with Crippen LogP contribution in [0.2, 0.25) is 0 Å². The first-order valence-electron chi connectivity index (χ1n) is 2.79. The van der Waals surface area contributed by atoms with E-state index >= 15 is 0 Å². The van der Waals surface area contributed by atoms with Crippen molar-refractivity contribution in [3.63, 3.8) is 0 Å². The summed E-state index contributed by atoms with van der Waals surface area (Å²) in [5.74, 6) is 0.145. The molecule has 0 saturated heterocycles. The predicted octanol–water partition coefficient (Wildman–Crippen LogP) is -3.84. The zero-order chi connectivity index (χ0) is 8.43. The van der Waals surface area contributed by atoms with E-state index in [9.17, 15) is 0 Å². The standard InChI is InChI=1S/C6H4Br2N2O.2ClH.Zn/c7-4-1-3(11)2-5(8)6(4)10-9;;;/h1-2,4,11H;2*1H;/q;;;+2/p-2. The average Bonchev–Trinajstić information content (AvgIpc) is 1.85. The Labute approximate surface area is 123 Å². The summed E-state index contributed by atoms with van der Waals surface area (Å²) in [6.45, 7) is 0. The number of nitrogens with zero attached hydrogens (tertiary/aromatic N) is 2. The number of aliphatic hydroxyl groups is 1. The van der Waals surface area contributed by atoms with Crippen LogP contribution < -0.4 is 24.8 Å². The molecule has 74 valence electrons. The fourth-order valence-electron chi connectivity index (χ4n) is 0.715. The largest absolute Gasteiger partial charge is 2.00 e. The molecule has 1 aliphatic rings. The van der Waals surface area contributed by atoms with Crippen LogP contribution in [0, 0.1) is 0 Å². The maximum Gasteiger partial charge on any atom is 2.00 e. The van der Waals surface area contributed by atoms with Crippen molar-refractivity contribution in [2.45, 2.75) is 4.83 Å². The molecular weight excluding hydrogens is 412 g/mol. The molecule has 1 aliphatic carbocycles. The van der Waals surface area contributed by atoms with Crippen LogP contribution in [0.25, 0.3) is 5.53 Å². The second-order valence-electron chi connectivity index (χ2n) is 1.97. The molecule has 0 saturated carbocycles. The Bertz CT molecular complexity index is 302. The van der Waals surface area contributed by atoms with Crippen LogP contribution in [0.3, 0.4) is 0 Å². The second-order valence-corrected chi connectivity index (χ2v) is 3.81. The third-order valence-corrected chi connectivity index (χ3v) is 2.54. The van der Waals surface area contributed by atoms with E-state index in [2.05, 4.69) is 36.6 Å². The molecule has 0 radical (unpaired) electrons. The van der Waals surface area contributed by atoms with Gasteiger partial charge in [0, 0.05) is 6.08 Å². The van der Waals surface area contributed by atoms with E-state index in [1.54, 1.807) is 0 Å². The zero-order valence-electron chi connectivity index (χ0n) is 6.79. The first-order valence-corrected chi connectivity index (χ1v) is 4.50. The van der Waals surface area contributed by atoms with Crippen molar-refractivity contribution < 1.29 is 54.2 Å². The minimum atomic E-state index is -0.244. The minimum absolute atomic E-state index is 0. The molecular formula is C6H4Br2Cl2N2OZn. The van der Waals surface area contributed by atoms with E-state index < -0.39 is 0 Å². The summed E-state index contributed by atoms with van der Waals surface area (Å²) < 4.78 is 0.571. The molecule has 0 aromatic heterocycles. The van der Waals surface area contributed by atoms with Crippen molar-refractivity contribution in [3.8, 4) is 0 Å². The maximum atomic E-state index is 9.05. The molecule has 1 unspecified atom stereocenters. The van der Waals surface area contributed by atoms with Gasteiger partial charge in [-0.2, -0.15) is 4.79 Å². The molecule has 0 spiro atoms. The second kappa shape index (κ2) is 9.08. The first kappa shape index (κ1) is 20.3. The van der Waals surface area contributed by atoms with Crippen LogP contribution in [0.15, 0.2) is 22.4 Å². The van der Waals surface area contributed by atoms with Crippen molar-refractivity contribution in [1.29, 1.82) is 0 Å². The van der Waals surface area contributed by atoms with Crippen LogP contribution in [0.4, 0.5) is 0 Å². The van der Waals surface area contributed by atoms with Gasteiger partial charge in [-0.25, -0.2) is 0 Å². The van der Waals surface area contributed by atoms with Crippen molar-refractivity contribution in [1.82, 2.24) is 0 Å². The maximum absolute atomic E-state index is 9.05. The Morgan fingerprint density at radius 2 is 1.93 bits per heavy atom. The Morgan fingerprint density at radius 1 is 1.43 bits per heavy atom. The number of hydrogen-bond acceptors (Lipinski definition) is 1. The molecule has 0 aromatic carbocycles. The number of halogens is 4. The molecule has 8 heteroatoms. The Kier molecular flexibility index (Phi) is 13.1. The number of hydrogen-bond donors (Lipinski definition) is 1. The van der Waals surface area contributed by atoms with Crippen molar-refractivity contribution in [2.75, 3.05) is 0 Å². The van der Waals surface area contributed by atoms with Crippen molar-refractivity contribution in [3.05, 3.63) is 27.9 Å². The molecule has 1 rings (SSSR count). The summed E-state index contributed by atoms with van der Waals surface area (Å²) in [5.41, 5.74) is 8.94. The van der Waals surface area contributed by atoms with Crippen molar-refractivity contribution in [2.24, 2.45) is 0 Å². The van der Waals surface area contributed by atoms with Crippen LogP contribution in [0.5, 0.6) is 0 Å². The van der Waals surface area contributed by atoms with Gasteiger partial charge in [0.1, 0.15) is 15.1 Å². The molecule has 0 heterocycles. The van der Waals surface area contributed by atoms with Crippen LogP contribution in [-0.4, -0.2) is 20.4 Å². The van der Waals surface area contributed by atoms with Gasteiger partial charge in [-0.15, -0.1) is 0 Å². The smallest absolute Gasteiger partial charge is 1.00 e. The number of alkyl halides is 1. The van der Waals surface area contributed by atoms with Crippen LogP contribution in [0.1, 0.15) is 0 Å². The average molecular weight is 416 g/mol. The molecule has 0 aromatic rings. The molecule has 14 heavy (non-hydrogen) atoms. The van der Waals surface area contributed by atoms with E-state index in [0.29, 0.717) is 10.2 Å². The van der Waals surface area contributed by atoms with Gasteiger partial charge in [-0.05, 0) is 22.0 Å². The van der Waals surface area contributed by atoms with Gasteiger partial charge >= 0.3 is 25.2 Å². The molecule has 0 amide bonds. The summed E-state index contributed by atoms with van der Waals surface area (Å²) in [4.78, 5) is 2.80. The number of aliphatic hydroxyl groups excluding tert-OH is 1. The van der Waals surface area contributed by atoms with E-state index in [4.69, 9.17) is 10.6 Å². The quantitative estimate of drug-likeness (QED) is 0.187. The Balaban J connectivity index is -0.000000403. The molecule has 0 aliphatic heterocycles. The van der Waals surface area contributed by atoms with E-state index in [1.165, 1.54) is 12.2 Å². The monoisotopic (exact) mass is 412 g/mol. The SMILES string of the molecule is [Cl-].[Cl-].[N-]=[N+]=C1C(Br)=CC(O)=CC1Br.[Zn+2]. The summed E-state index contributed by atoms with van der Waals surface area (Å²) in [5, 5.41) is 9.05. The first-order chi connectivity index (χ1) is 5.15. The van der Waals surface area contributed by atoms with Gasteiger partial charge in [-0.1, -0.05) is 15.9 Å². The zero-order valence-corrected chi connectivity index (χ0v) is 14.4. The van der Waals surface area contributed by atoms with Crippen LogP contribution >= 0.6 is 31.9 Å². The normalized spacial score (nSPS) is 18.7. The Morgan fingerprint density at radius 3 is 2.29 bits per heavy atom. The van der Waals surface area contributed by atoms with Gasteiger partial charge in [-0.3, -0.25) is 0 Å². The van der Waals surface area contributed by atoms with Crippen LogP contribution in [-0.2, 0) is 19.5 Å².